The molecule has 2 rings (SSSR count). The molecule has 1 atom stereocenters. The number of carbonyl (C=O) groups is 2. The number of methoxy groups -OCH3 is 2. The lowest BCUT2D eigenvalue weighted by atomic mass is 10.0. The Labute approximate surface area is 128 Å². The Morgan fingerprint density at radius 2 is 1.91 bits per heavy atom. The standard InChI is InChI=1S/C16H17NO5/c1-20-13-5-3-11(4-6-13)14(9-15(18)21-2)17-16(19)12-7-8-22-10-12/h3-8,10,14H,9H2,1-2H3,(H,17,19). The summed E-state index contributed by atoms with van der Waals surface area (Å²) in [4.78, 5) is 23.7. The lowest BCUT2D eigenvalue weighted by molar-refractivity contribution is -0.141. The van der Waals surface area contributed by atoms with Crippen LogP contribution >= 0.6 is 0 Å². The van der Waals surface area contributed by atoms with Gasteiger partial charge in [-0.25, -0.2) is 0 Å². The van der Waals surface area contributed by atoms with Crippen molar-refractivity contribution in [1.82, 2.24) is 5.32 Å². The second-order valence-corrected chi connectivity index (χ2v) is 4.59. The maximum Gasteiger partial charge on any atom is 0.307 e. The van der Waals surface area contributed by atoms with E-state index in [0.29, 0.717) is 11.3 Å². The Hall–Kier alpha value is -2.76. The summed E-state index contributed by atoms with van der Waals surface area (Å²) >= 11 is 0. The molecule has 6 heteroatoms. The molecular formula is C16H17NO5. The monoisotopic (exact) mass is 303 g/mol. The van der Waals surface area contributed by atoms with Crippen LogP contribution in [0.25, 0.3) is 0 Å². The van der Waals surface area contributed by atoms with Crippen molar-refractivity contribution >= 4 is 11.9 Å². The van der Waals surface area contributed by atoms with Gasteiger partial charge >= 0.3 is 5.97 Å². The van der Waals surface area contributed by atoms with Crippen molar-refractivity contribution in [3.05, 3.63) is 54.0 Å². The Morgan fingerprint density at radius 3 is 2.45 bits per heavy atom. The minimum absolute atomic E-state index is 0.0341. The SMILES string of the molecule is COC(=O)CC(NC(=O)c1ccoc1)c1ccc(OC)cc1. The van der Waals surface area contributed by atoms with Crippen molar-refractivity contribution in [3.63, 3.8) is 0 Å². The molecule has 1 aromatic carbocycles. The summed E-state index contributed by atoms with van der Waals surface area (Å²) in [7, 11) is 2.88. The fourth-order valence-electron chi connectivity index (χ4n) is 1.97. The number of benzene rings is 1. The summed E-state index contributed by atoms with van der Waals surface area (Å²) < 4.78 is 14.7. The van der Waals surface area contributed by atoms with Gasteiger partial charge in [-0.1, -0.05) is 12.1 Å². The quantitative estimate of drug-likeness (QED) is 0.829. The molecule has 0 aliphatic carbocycles. The highest BCUT2D eigenvalue weighted by molar-refractivity contribution is 5.94. The van der Waals surface area contributed by atoms with Gasteiger partial charge in [0, 0.05) is 0 Å². The number of hydrogen-bond acceptors (Lipinski definition) is 5. The normalized spacial score (nSPS) is 11.5. The third kappa shape index (κ3) is 3.88. The first-order chi connectivity index (χ1) is 10.6. The molecule has 6 nitrogen and oxygen atoms in total. The summed E-state index contributed by atoms with van der Waals surface area (Å²) in [6.07, 6.45) is 2.79. The Balaban J connectivity index is 2.17. The molecular weight excluding hydrogens is 286 g/mol. The number of esters is 1. The zero-order valence-corrected chi connectivity index (χ0v) is 12.4. The smallest absolute Gasteiger partial charge is 0.307 e. The summed E-state index contributed by atoms with van der Waals surface area (Å²) in [5, 5.41) is 2.80. The molecule has 1 heterocycles. The molecule has 116 valence electrons. The minimum atomic E-state index is -0.499. The van der Waals surface area contributed by atoms with Gasteiger partial charge in [-0.15, -0.1) is 0 Å². The maximum atomic E-state index is 12.1. The van der Waals surface area contributed by atoms with E-state index in [2.05, 4.69) is 10.1 Å². The van der Waals surface area contributed by atoms with Gasteiger partial charge in [0.25, 0.3) is 5.91 Å². The highest BCUT2D eigenvalue weighted by Crippen LogP contribution is 2.21. The van der Waals surface area contributed by atoms with E-state index in [1.54, 1.807) is 37.4 Å². The first kappa shape index (κ1) is 15.6. The first-order valence-corrected chi connectivity index (χ1v) is 6.68. The van der Waals surface area contributed by atoms with Crippen LogP contribution in [0.4, 0.5) is 0 Å². The minimum Gasteiger partial charge on any atom is -0.497 e. The molecule has 0 saturated carbocycles. The number of hydrogen-bond donors (Lipinski definition) is 1. The third-order valence-corrected chi connectivity index (χ3v) is 3.21. The van der Waals surface area contributed by atoms with Gasteiger partial charge in [-0.2, -0.15) is 0 Å². The molecule has 0 aliphatic rings. The molecule has 0 radical (unpaired) electrons. The Bertz CT molecular complexity index is 618. The molecule has 1 aromatic heterocycles. The molecule has 0 saturated heterocycles. The molecule has 0 aliphatic heterocycles. The summed E-state index contributed by atoms with van der Waals surface area (Å²) in [6.45, 7) is 0. The van der Waals surface area contributed by atoms with Gasteiger partial charge in [-0.05, 0) is 23.8 Å². The second kappa shape index (κ2) is 7.31. The van der Waals surface area contributed by atoms with Gasteiger partial charge < -0.3 is 19.2 Å². The second-order valence-electron chi connectivity index (χ2n) is 4.59. The number of carbonyl (C=O) groups excluding carboxylic acids is 2. The van der Waals surface area contributed by atoms with E-state index in [4.69, 9.17) is 9.15 Å². The van der Waals surface area contributed by atoms with Crippen molar-refractivity contribution in [2.75, 3.05) is 14.2 Å². The van der Waals surface area contributed by atoms with Crippen LogP contribution in [0.1, 0.15) is 28.4 Å². The summed E-state index contributed by atoms with van der Waals surface area (Å²) in [6, 6.07) is 8.18. The van der Waals surface area contributed by atoms with E-state index >= 15 is 0 Å². The highest BCUT2D eigenvalue weighted by atomic mass is 16.5. The molecule has 0 bridgehead atoms. The average molecular weight is 303 g/mol. The molecule has 0 spiro atoms. The van der Waals surface area contributed by atoms with Crippen LogP contribution in [0.15, 0.2) is 47.3 Å². The van der Waals surface area contributed by atoms with E-state index in [-0.39, 0.29) is 12.3 Å². The van der Waals surface area contributed by atoms with Crippen LogP contribution in [0.5, 0.6) is 5.75 Å². The van der Waals surface area contributed by atoms with Gasteiger partial charge in [0.1, 0.15) is 12.0 Å². The van der Waals surface area contributed by atoms with Crippen LogP contribution in [-0.2, 0) is 9.53 Å². The zero-order chi connectivity index (χ0) is 15.9. The van der Waals surface area contributed by atoms with E-state index in [0.717, 1.165) is 5.56 Å². The van der Waals surface area contributed by atoms with Crippen molar-refractivity contribution in [2.24, 2.45) is 0 Å². The van der Waals surface area contributed by atoms with Crippen molar-refractivity contribution in [3.8, 4) is 5.75 Å². The van der Waals surface area contributed by atoms with Crippen LogP contribution in [0.2, 0.25) is 0 Å². The van der Waals surface area contributed by atoms with E-state index in [9.17, 15) is 9.59 Å². The summed E-state index contributed by atoms with van der Waals surface area (Å²) in [5.41, 5.74) is 1.17. The third-order valence-electron chi connectivity index (χ3n) is 3.21. The fraction of sp³-hybridized carbons (Fsp3) is 0.250. The van der Waals surface area contributed by atoms with Crippen molar-refractivity contribution in [2.45, 2.75) is 12.5 Å². The highest BCUT2D eigenvalue weighted by Gasteiger charge is 2.20. The molecule has 1 unspecified atom stereocenters. The predicted molar refractivity (Wildman–Crippen MR) is 78.5 cm³/mol. The lowest BCUT2D eigenvalue weighted by Crippen LogP contribution is -2.30. The lowest BCUT2D eigenvalue weighted by Gasteiger charge is -2.18. The molecule has 2 aromatic rings. The van der Waals surface area contributed by atoms with Gasteiger partial charge in [0.2, 0.25) is 0 Å². The number of rotatable bonds is 6. The van der Waals surface area contributed by atoms with Crippen LogP contribution in [0.3, 0.4) is 0 Å². The molecule has 0 fully saturated rings. The average Bonchev–Trinajstić information content (AvgIpc) is 3.08. The topological polar surface area (TPSA) is 77.8 Å². The zero-order valence-electron chi connectivity index (χ0n) is 12.4. The predicted octanol–water partition coefficient (Wildman–Crippen LogP) is 2.32. The van der Waals surface area contributed by atoms with E-state index in [1.165, 1.54) is 19.6 Å². The van der Waals surface area contributed by atoms with E-state index in [1.807, 2.05) is 0 Å². The number of amides is 1. The Kier molecular flexibility index (Phi) is 5.19. The van der Waals surface area contributed by atoms with Gasteiger partial charge in [0.05, 0.1) is 38.5 Å². The largest absolute Gasteiger partial charge is 0.497 e. The maximum absolute atomic E-state index is 12.1. The Morgan fingerprint density at radius 1 is 1.18 bits per heavy atom. The van der Waals surface area contributed by atoms with Crippen molar-refractivity contribution < 1.29 is 23.5 Å². The molecule has 22 heavy (non-hydrogen) atoms. The van der Waals surface area contributed by atoms with Crippen LogP contribution < -0.4 is 10.1 Å². The van der Waals surface area contributed by atoms with E-state index < -0.39 is 12.0 Å². The number of ether oxygens (including phenoxy) is 2. The molecule has 1 N–H and O–H groups in total. The van der Waals surface area contributed by atoms with Crippen molar-refractivity contribution in [1.29, 1.82) is 0 Å². The first-order valence-electron chi connectivity index (χ1n) is 6.68. The van der Waals surface area contributed by atoms with Gasteiger partial charge in [0.15, 0.2) is 0 Å². The number of nitrogens with one attached hydrogen (secondary N) is 1. The fourth-order valence-corrected chi connectivity index (χ4v) is 1.97. The van der Waals surface area contributed by atoms with Crippen LogP contribution in [0, 0.1) is 0 Å². The van der Waals surface area contributed by atoms with Gasteiger partial charge in [-0.3, -0.25) is 9.59 Å². The summed E-state index contributed by atoms with van der Waals surface area (Å²) in [5.74, 6) is -0.0338. The molecule has 1 amide bonds. The number of furan rings is 1. The van der Waals surface area contributed by atoms with Crippen LogP contribution in [-0.4, -0.2) is 26.1 Å².